The van der Waals surface area contributed by atoms with Gasteiger partial charge in [0.25, 0.3) is 0 Å². The first-order valence-corrected chi connectivity index (χ1v) is 5.97. The minimum Gasteiger partial charge on any atom is -0.463 e. The number of hydrogen-bond acceptors (Lipinski definition) is 5. The summed E-state index contributed by atoms with van der Waals surface area (Å²) in [5.41, 5.74) is 0. The number of aromatic nitrogens is 2. The van der Waals surface area contributed by atoms with Crippen molar-refractivity contribution in [1.82, 2.24) is 9.97 Å². The van der Waals surface area contributed by atoms with Gasteiger partial charge in [-0.1, -0.05) is 19.3 Å². The van der Waals surface area contributed by atoms with Gasteiger partial charge in [-0.2, -0.15) is 0 Å². The Labute approximate surface area is 101 Å². The van der Waals surface area contributed by atoms with Crippen LogP contribution in [0.25, 0.3) is 0 Å². The third-order valence-corrected chi connectivity index (χ3v) is 2.98. The highest BCUT2D eigenvalue weighted by molar-refractivity contribution is 5.85. The second-order valence-corrected chi connectivity index (χ2v) is 4.24. The molecule has 5 nitrogen and oxygen atoms in total. The van der Waals surface area contributed by atoms with E-state index in [0.717, 1.165) is 12.8 Å². The zero-order valence-electron chi connectivity index (χ0n) is 9.98. The van der Waals surface area contributed by atoms with Crippen LogP contribution in [0.5, 0.6) is 0 Å². The highest BCUT2D eigenvalue weighted by atomic mass is 16.5. The van der Waals surface area contributed by atoms with Crippen LogP contribution in [0.1, 0.15) is 42.7 Å². The van der Waals surface area contributed by atoms with Gasteiger partial charge in [0.1, 0.15) is 5.82 Å². The Bertz CT molecular complexity index is 389. The predicted octanol–water partition coefficient (Wildman–Crippen LogP) is 2.01. The summed E-state index contributed by atoms with van der Waals surface area (Å²) >= 11 is 0. The van der Waals surface area contributed by atoms with Gasteiger partial charge in [0.05, 0.1) is 7.11 Å². The maximum Gasteiger partial charge on any atom is 0.376 e. The summed E-state index contributed by atoms with van der Waals surface area (Å²) in [6, 6.07) is 2.24. The van der Waals surface area contributed by atoms with Crippen molar-refractivity contribution in [3.05, 3.63) is 18.1 Å². The van der Waals surface area contributed by atoms with Crippen LogP contribution in [-0.4, -0.2) is 29.1 Å². The summed E-state index contributed by atoms with van der Waals surface area (Å²) < 4.78 is 4.59. The molecular weight excluding hydrogens is 218 g/mol. The molecule has 0 radical (unpaired) electrons. The highest BCUT2D eigenvalue weighted by Crippen LogP contribution is 2.20. The van der Waals surface area contributed by atoms with Crippen molar-refractivity contribution in [2.24, 2.45) is 0 Å². The maximum atomic E-state index is 11.3. The van der Waals surface area contributed by atoms with E-state index in [1.807, 2.05) is 0 Å². The Balaban J connectivity index is 2.02. The minimum atomic E-state index is -0.503. The lowest BCUT2D eigenvalue weighted by Crippen LogP contribution is -2.23. The van der Waals surface area contributed by atoms with Gasteiger partial charge in [-0.15, -0.1) is 0 Å². The number of rotatable bonds is 3. The van der Waals surface area contributed by atoms with Crippen molar-refractivity contribution in [2.45, 2.75) is 38.1 Å². The summed E-state index contributed by atoms with van der Waals surface area (Å²) in [5.74, 6) is 0.304. The fourth-order valence-corrected chi connectivity index (χ4v) is 2.08. The third-order valence-electron chi connectivity index (χ3n) is 2.98. The quantitative estimate of drug-likeness (QED) is 0.812. The number of carbonyl (C=O) groups excluding carboxylic acids is 1. The van der Waals surface area contributed by atoms with Gasteiger partial charge >= 0.3 is 5.97 Å². The largest absolute Gasteiger partial charge is 0.463 e. The topological polar surface area (TPSA) is 64.1 Å². The second kappa shape index (κ2) is 5.61. The van der Waals surface area contributed by atoms with Crippen LogP contribution in [0.2, 0.25) is 0 Å². The standard InChI is InChI=1S/C12H17N3O2/c1-17-12(16)11-13-8-7-10(15-11)14-9-5-3-2-4-6-9/h7-9H,2-6H2,1H3,(H,13,14,15). The van der Waals surface area contributed by atoms with Gasteiger partial charge < -0.3 is 10.1 Å². The molecule has 2 rings (SSSR count). The Kier molecular flexibility index (Phi) is 3.90. The first-order chi connectivity index (χ1) is 8.29. The van der Waals surface area contributed by atoms with Crippen molar-refractivity contribution in [3.8, 4) is 0 Å². The van der Waals surface area contributed by atoms with E-state index in [2.05, 4.69) is 20.0 Å². The van der Waals surface area contributed by atoms with Crippen molar-refractivity contribution >= 4 is 11.8 Å². The lowest BCUT2D eigenvalue weighted by Gasteiger charge is -2.23. The average molecular weight is 235 g/mol. The molecule has 0 atom stereocenters. The summed E-state index contributed by atoms with van der Waals surface area (Å²) in [7, 11) is 1.33. The molecule has 0 amide bonds. The Hall–Kier alpha value is -1.65. The summed E-state index contributed by atoms with van der Waals surface area (Å²) in [6.07, 6.45) is 7.73. The number of anilines is 1. The Morgan fingerprint density at radius 1 is 1.41 bits per heavy atom. The summed E-state index contributed by atoms with van der Waals surface area (Å²) in [5, 5.41) is 3.34. The van der Waals surface area contributed by atoms with Crippen molar-refractivity contribution < 1.29 is 9.53 Å². The molecule has 1 aromatic heterocycles. The number of nitrogens with zero attached hydrogens (tertiary/aromatic N) is 2. The molecule has 0 aromatic carbocycles. The number of carbonyl (C=O) groups is 1. The maximum absolute atomic E-state index is 11.3. The van der Waals surface area contributed by atoms with Crippen LogP contribution in [0, 0.1) is 0 Å². The smallest absolute Gasteiger partial charge is 0.376 e. The molecule has 0 spiro atoms. The normalized spacial score (nSPS) is 16.5. The molecule has 1 heterocycles. The van der Waals surface area contributed by atoms with Crippen LogP contribution in [0.15, 0.2) is 12.3 Å². The molecule has 5 heteroatoms. The van der Waals surface area contributed by atoms with E-state index in [-0.39, 0.29) is 5.82 Å². The highest BCUT2D eigenvalue weighted by Gasteiger charge is 2.15. The number of esters is 1. The van der Waals surface area contributed by atoms with E-state index in [4.69, 9.17) is 0 Å². The van der Waals surface area contributed by atoms with Gasteiger partial charge in [0.2, 0.25) is 5.82 Å². The van der Waals surface area contributed by atoms with Gasteiger partial charge in [-0.25, -0.2) is 14.8 Å². The van der Waals surface area contributed by atoms with Crippen LogP contribution in [-0.2, 0) is 4.74 Å². The van der Waals surface area contributed by atoms with Crippen LogP contribution in [0.3, 0.4) is 0 Å². The molecular formula is C12H17N3O2. The molecule has 1 saturated carbocycles. The molecule has 0 bridgehead atoms. The Morgan fingerprint density at radius 2 is 2.18 bits per heavy atom. The molecule has 1 aliphatic rings. The SMILES string of the molecule is COC(=O)c1nccc(NC2CCCCC2)n1. The van der Waals surface area contributed by atoms with E-state index in [0.29, 0.717) is 11.9 Å². The van der Waals surface area contributed by atoms with E-state index < -0.39 is 5.97 Å². The van der Waals surface area contributed by atoms with Gasteiger partial charge in [0, 0.05) is 12.2 Å². The van der Waals surface area contributed by atoms with Crippen LogP contribution >= 0.6 is 0 Å². The van der Waals surface area contributed by atoms with Crippen LogP contribution < -0.4 is 5.32 Å². The minimum absolute atomic E-state index is 0.105. The predicted molar refractivity (Wildman–Crippen MR) is 63.9 cm³/mol. The van der Waals surface area contributed by atoms with Crippen molar-refractivity contribution in [3.63, 3.8) is 0 Å². The molecule has 92 valence electrons. The molecule has 1 aliphatic carbocycles. The fourth-order valence-electron chi connectivity index (χ4n) is 2.08. The van der Waals surface area contributed by atoms with Crippen LogP contribution in [0.4, 0.5) is 5.82 Å². The second-order valence-electron chi connectivity index (χ2n) is 4.24. The van der Waals surface area contributed by atoms with Crippen molar-refractivity contribution in [1.29, 1.82) is 0 Å². The monoisotopic (exact) mass is 235 g/mol. The fraction of sp³-hybridized carbons (Fsp3) is 0.583. The van der Waals surface area contributed by atoms with E-state index in [9.17, 15) is 4.79 Å². The van der Waals surface area contributed by atoms with Gasteiger partial charge in [-0.3, -0.25) is 0 Å². The first-order valence-electron chi connectivity index (χ1n) is 5.97. The molecule has 1 aromatic rings. The Morgan fingerprint density at radius 3 is 2.88 bits per heavy atom. The summed E-state index contributed by atoms with van der Waals surface area (Å²) in [4.78, 5) is 19.3. The van der Waals surface area contributed by atoms with Gasteiger partial charge in [0.15, 0.2) is 0 Å². The molecule has 1 fully saturated rings. The summed E-state index contributed by atoms with van der Waals surface area (Å²) in [6.45, 7) is 0. The van der Waals surface area contributed by atoms with E-state index in [1.54, 1.807) is 12.3 Å². The number of methoxy groups -OCH3 is 1. The lowest BCUT2D eigenvalue weighted by atomic mass is 9.95. The number of ether oxygens (including phenoxy) is 1. The van der Waals surface area contributed by atoms with E-state index >= 15 is 0 Å². The zero-order chi connectivity index (χ0) is 12.1. The molecule has 0 unspecified atom stereocenters. The van der Waals surface area contributed by atoms with Gasteiger partial charge in [-0.05, 0) is 18.9 Å². The number of hydrogen-bond donors (Lipinski definition) is 1. The first kappa shape index (κ1) is 11.8. The third kappa shape index (κ3) is 3.15. The molecule has 1 N–H and O–H groups in total. The molecule has 0 aliphatic heterocycles. The number of nitrogens with one attached hydrogen (secondary N) is 1. The molecule has 0 saturated heterocycles. The molecule has 17 heavy (non-hydrogen) atoms. The van der Waals surface area contributed by atoms with Crippen molar-refractivity contribution in [2.75, 3.05) is 12.4 Å². The van der Waals surface area contributed by atoms with E-state index in [1.165, 1.54) is 26.4 Å². The zero-order valence-corrected chi connectivity index (χ0v) is 9.98. The average Bonchev–Trinajstić information content (AvgIpc) is 2.39. The lowest BCUT2D eigenvalue weighted by molar-refractivity contribution is 0.0587.